The van der Waals surface area contributed by atoms with Gasteiger partial charge in [-0.2, -0.15) is 0 Å². The molecular formula is C14H19NO2S. The van der Waals surface area contributed by atoms with E-state index in [1.54, 1.807) is 11.3 Å². The third-order valence-electron chi connectivity index (χ3n) is 2.89. The summed E-state index contributed by atoms with van der Waals surface area (Å²) in [5.41, 5.74) is 0. The quantitative estimate of drug-likeness (QED) is 0.842. The van der Waals surface area contributed by atoms with Crippen LogP contribution in [0, 0.1) is 5.92 Å². The molecule has 0 spiro atoms. The number of rotatable bonds is 6. The van der Waals surface area contributed by atoms with E-state index < -0.39 is 0 Å². The fourth-order valence-corrected chi connectivity index (χ4v) is 2.92. The summed E-state index contributed by atoms with van der Waals surface area (Å²) in [6.45, 7) is 5.05. The molecule has 98 valence electrons. The number of furan rings is 1. The third kappa shape index (κ3) is 3.22. The number of nitrogens with one attached hydrogen (secondary N) is 1. The summed E-state index contributed by atoms with van der Waals surface area (Å²) in [6, 6.07) is 8.29. The molecule has 2 aromatic rings. The fraction of sp³-hybridized carbons (Fsp3) is 0.429. The molecule has 0 aromatic carbocycles. The number of hydrogen-bond acceptors (Lipinski definition) is 4. The molecule has 3 nitrogen and oxygen atoms in total. The summed E-state index contributed by atoms with van der Waals surface area (Å²) < 4.78 is 5.47. The van der Waals surface area contributed by atoms with Crippen molar-refractivity contribution in [3.8, 4) is 0 Å². The Morgan fingerprint density at radius 3 is 2.61 bits per heavy atom. The van der Waals surface area contributed by atoms with Gasteiger partial charge in [-0.25, -0.2) is 0 Å². The van der Waals surface area contributed by atoms with Crippen molar-refractivity contribution in [3.05, 3.63) is 46.0 Å². The number of hydrogen-bond donors (Lipinski definition) is 2. The Bertz CT molecular complexity index is 462. The average molecular weight is 265 g/mol. The lowest BCUT2D eigenvalue weighted by molar-refractivity contribution is 0.241. The summed E-state index contributed by atoms with van der Waals surface area (Å²) >= 11 is 1.77. The maximum absolute atomic E-state index is 8.95. The molecule has 0 aliphatic rings. The first-order valence-corrected chi connectivity index (χ1v) is 7.04. The van der Waals surface area contributed by atoms with Gasteiger partial charge in [0.05, 0.1) is 6.54 Å². The van der Waals surface area contributed by atoms with Gasteiger partial charge >= 0.3 is 0 Å². The van der Waals surface area contributed by atoms with Gasteiger partial charge in [0, 0.05) is 10.9 Å². The molecule has 2 aromatic heterocycles. The van der Waals surface area contributed by atoms with E-state index in [-0.39, 0.29) is 6.61 Å². The minimum atomic E-state index is -0.0431. The number of aliphatic hydroxyl groups excluding tert-OH is 1. The van der Waals surface area contributed by atoms with Crippen molar-refractivity contribution >= 4 is 11.3 Å². The zero-order valence-corrected chi connectivity index (χ0v) is 11.5. The molecular weight excluding hydrogens is 246 g/mol. The monoisotopic (exact) mass is 265 g/mol. The topological polar surface area (TPSA) is 45.4 Å². The summed E-state index contributed by atoms with van der Waals surface area (Å²) in [5, 5.41) is 14.6. The minimum absolute atomic E-state index is 0.0431. The molecule has 0 fully saturated rings. The van der Waals surface area contributed by atoms with Crippen LogP contribution in [0.2, 0.25) is 0 Å². The largest absolute Gasteiger partial charge is 0.462 e. The normalized spacial score (nSPS) is 13.1. The van der Waals surface area contributed by atoms with E-state index in [1.807, 2.05) is 12.1 Å². The molecule has 0 bridgehead atoms. The summed E-state index contributed by atoms with van der Waals surface area (Å²) in [6.07, 6.45) is 0. The van der Waals surface area contributed by atoms with E-state index in [1.165, 1.54) is 4.88 Å². The lowest BCUT2D eigenvalue weighted by atomic mass is 10.0. The van der Waals surface area contributed by atoms with Crippen molar-refractivity contribution in [2.75, 3.05) is 0 Å². The van der Waals surface area contributed by atoms with E-state index in [9.17, 15) is 0 Å². The zero-order valence-electron chi connectivity index (χ0n) is 10.7. The Kier molecular flexibility index (Phi) is 4.58. The van der Waals surface area contributed by atoms with Crippen LogP contribution in [0.4, 0.5) is 0 Å². The molecule has 0 aliphatic carbocycles. The van der Waals surface area contributed by atoms with Gasteiger partial charge in [-0.3, -0.25) is 0 Å². The van der Waals surface area contributed by atoms with Gasteiger partial charge in [0.15, 0.2) is 0 Å². The van der Waals surface area contributed by atoms with Crippen molar-refractivity contribution in [1.29, 1.82) is 0 Å². The van der Waals surface area contributed by atoms with Crippen LogP contribution in [0.1, 0.15) is 36.3 Å². The van der Waals surface area contributed by atoms with Crippen LogP contribution in [0.25, 0.3) is 0 Å². The molecule has 1 atom stereocenters. The predicted octanol–water partition coefficient (Wildman–Crippen LogP) is 3.32. The van der Waals surface area contributed by atoms with Crippen molar-refractivity contribution in [2.24, 2.45) is 5.92 Å². The van der Waals surface area contributed by atoms with Crippen LogP contribution in [0.15, 0.2) is 34.1 Å². The smallest absolute Gasteiger partial charge is 0.129 e. The predicted molar refractivity (Wildman–Crippen MR) is 73.4 cm³/mol. The molecule has 4 heteroatoms. The molecule has 2 heterocycles. The van der Waals surface area contributed by atoms with Crippen LogP contribution in [-0.4, -0.2) is 5.11 Å². The standard InChI is InChI=1S/C14H19NO2S/c1-10(2)14(13-4-3-7-18-13)15-8-11-5-6-12(9-16)17-11/h3-7,10,14-16H,8-9H2,1-2H3. The SMILES string of the molecule is CC(C)C(NCc1ccc(CO)o1)c1cccs1. The van der Waals surface area contributed by atoms with Crippen LogP contribution < -0.4 is 5.32 Å². The second-order valence-electron chi connectivity index (χ2n) is 4.64. The third-order valence-corrected chi connectivity index (χ3v) is 3.84. The molecule has 2 rings (SSSR count). The summed E-state index contributed by atoms with van der Waals surface area (Å²) in [7, 11) is 0. The Hall–Kier alpha value is -1.10. The Morgan fingerprint density at radius 2 is 2.06 bits per heavy atom. The van der Waals surface area contributed by atoms with E-state index in [2.05, 4.69) is 36.7 Å². The highest BCUT2D eigenvalue weighted by Gasteiger charge is 2.16. The van der Waals surface area contributed by atoms with Crippen molar-refractivity contribution < 1.29 is 9.52 Å². The highest BCUT2D eigenvalue weighted by Crippen LogP contribution is 2.26. The van der Waals surface area contributed by atoms with Gasteiger partial charge in [-0.1, -0.05) is 19.9 Å². The highest BCUT2D eigenvalue weighted by atomic mass is 32.1. The van der Waals surface area contributed by atoms with Gasteiger partial charge in [0.1, 0.15) is 18.1 Å². The lowest BCUT2D eigenvalue weighted by Crippen LogP contribution is -2.24. The van der Waals surface area contributed by atoms with Crippen LogP contribution in [0.3, 0.4) is 0 Å². The Morgan fingerprint density at radius 1 is 1.28 bits per heavy atom. The molecule has 0 saturated heterocycles. The molecule has 0 saturated carbocycles. The highest BCUT2D eigenvalue weighted by molar-refractivity contribution is 7.10. The molecule has 1 unspecified atom stereocenters. The zero-order chi connectivity index (χ0) is 13.0. The lowest BCUT2D eigenvalue weighted by Gasteiger charge is -2.20. The summed E-state index contributed by atoms with van der Waals surface area (Å²) in [5.74, 6) is 2.00. The maximum atomic E-state index is 8.95. The fourth-order valence-electron chi connectivity index (χ4n) is 1.95. The van der Waals surface area contributed by atoms with E-state index in [0.717, 1.165) is 5.76 Å². The average Bonchev–Trinajstić information content (AvgIpc) is 2.99. The van der Waals surface area contributed by atoms with E-state index in [4.69, 9.17) is 9.52 Å². The van der Waals surface area contributed by atoms with Gasteiger partial charge in [0.25, 0.3) is 0 Å². The van der Waals surface area contributed by atoms with Gasteiger partial charge in [0.2, 0.25) is 0 Å². The maximum Gasteiger partial charge on any atom is 0.129 e. The van der Waals surface area contributed by atoms with Crippen LogP contribution >= 0.6 is 11.3 Å². The second kappa shape index (κ2) is 6.18. The first-order chi connectivity index (χ1) is 8.70. The van der Waals surface area contributed by atoms with Gasteiger partial charge < -0.3 is 14.8 Å². The molecule has 0 radical (unpaired) electrons. The van der Waals surface area contributed by atoms with Crippen LogP contribution in [0.5, 0.6) is 0 Å². The Labute approximate surface area is 111 Å². The minimum Gasteiger partial charge on any atom is -0.462 e. The number of thiophene rings is 1. The summed E-state index contributed by atoms with van der Waals surface area (Å²) in [4.78, 5) is 1.35. The molecule has 2 N–H and O–H groups in total. The first kappa shape index (κ1) is 13.3. The van der Waals surface area contributed by atoms with E-state index >= 15 is 0 Å². The molecule has 0 amide bonds. The van der Waals surface area contributed by atoms with Gasteiger partial charge in [-0.15, -0.1) is 11.3 Å². The van der Waals surface area contributed by atoms with Crippen molar-refractivity contribution in [1.82, 2.24) is 5.32 Å². The second-order valence-corrected chi connectivity index (χ2v) is 5.62. The van der Waals surface area contributed by atoms with Crippen molar-refractivity contribution in [3.63, 3.8) is 0 Å². The molecule has 0 aliphatic heterocycles. The van der Waals surface area contributed by atoms with Crippen LogP contribution in [-0.2, 0) is 13.2 Å². The Balaban J connectivity index is 1.98. The van der Waals surface area contributed by atoms with Gasteiger partial charge in [-0.05, 0) is 29.5 Å². The van der Waals surface area contributed by atoms with Crippen molar-refractivity contribution in [2.45, 2.75) is 33.0 Å². The van der Waals surface area contributed by atoms with E-state index in [0.29, 0.717) is 24.3 Å². The first-order valence-electron chi connectivity index (χ1n) is 6.16. The molecule has 18 heavy (non-hydrogen) atoms. The number of aliphatic hydroxyl groups is 1.